The van der Waals surface area contributed by atoms with Crippen LogP contribution in [-0.2, 0) is 11.4 Å². The summed E-state index contributed by atoms with van der Waals surface area (Å²) in [6.45, 7) is 4.41. The Morgan fingerprint density at radius 3 is 2.22 bits per heavy atom. The molecule has 0 bridgehead atoms. The summed E-state index contributed by atoms with van der Waals surface area (Å²) < 4.78 is 11.2. The lowest BCUT2D eigenvalue weighted by molar-refractivity contribution is -0.112. The van der Waals surface area contributed by atoms with E-state index in [4.69, 9.17) is 21.1 Å². The molecule has 0 aliphatic carbocycles. The summed E-state index contributed by atoms with van der Waals surface area (Å²) in [5.74, 6) is 0.852. The summed E-state index contributed by atoms with van der Waals surface area (Å²) in [6.07, 6.45) is 3.18. The number of carbonyl (C=O) groups is 1. The maximum atomic E-state index is 12.5. The van der Waals surface area contributed by atoms with Gasteiger partial charge in [-0.1, -0.05) is 48.5 Å². The van der Waals surface area contributed by atoms with Crippen molar-refractivity contribution in [2.45, 2.75) is 6.61 Å². The summed E-state index contributed by atoms with van der Waals surface area (Å²) in [5, 5.41) is 12.8. The van der Waals surface area contributed by atoms with E-state index >= 15 is 0 Å². The fraction of sp³-hybridized carbons (Fsp3) is 0.0769. The third-order valence-corrected chi connectivity index (χ3v) is 4.61. The first-order valence-corrected chi connectivity index (χ1v) is 10.2. The predicted molar refractivity (Wildman–Crippen MR) is 127 cm³/mol. The van der Waals surface area contributed by atoms with Crippen molar-refractivity contribution in [3.63, 3.8) is 0 Å². The highest BCUT2D eigenvalue weighted by molar-refractivity contribution is 6.30. The molecule has 160 valence electrons. The van der Waals surface area contributed by atoms with Gasteiger partial charge in [0.2, 0.25) is 0 Å². The maximum Gasteiger partial charge on any atom is 0.266 e. The van der Waals surface area contributed by atoms with E-state index in [2.05, 4.69) is 11.9 Å². The lowest BCUT2D eigenvalue weighted by Gasteiger charge is -2.08. The van der Waals surface area contributed by atoms with Crippen LogP contribution in [0.15, 0.2) is 91.0 Å². The Morgan fingerprint density at radius 2 is 1.59 bits per heavy atom. The van der Waals surface area contributed by atoms with Crippen LogP contribution in [0.1, 0.15) is 11.1 Å². The fourth-order valence-electron chi connectivity index (χ4n) is 2.71. The van der Waals surface area contributed by atoms with Crippen molar-refractivity contribution in [2.24, 2.45) is 0 Å². The van der Waals surface area contributed by atoms with Crippen molar-refractivity contribution < 1.29 is 14.3 Å². The van der Waals surface area contributed by atoms with Crippen LogP contribution >= 0.6 is 11.6 Å². The second-order valence-corrected chi connectivity index (χ2v) is 7.17. The first-order valence-electron chi connectivity index (χ1n) is 9.81. The highest BCUT2D eigenvalue weighted by atomic mass is 35.5. The summed E-state index contributed by atoms with van der Waals surface area (Å²) in [4.78, 5) is 12.5. The number of amides is 1. The molecule has 0 fully saturated rings. The van der Waals surface area contributed by atoms with Crippen molar-refractivity contribution in [3.8, 4) is 17.6 Å². The Bertz CT molecular complexity index is 1130. The van der Waals surface area contributed by atoms with E-state index < -0.39 is 5.91 Å². The Kier molecular flexibility index (Phi) is 8.08. The fourth-order valence-corrected chi connectivity index (χ4v) is 2.84. The number of hydrogen-bond acceptors (Lipinski definition) is 4. The zero-order valence-electron chi connectivity index (χ0n) is 17.3. The zero-order chi connectivity index (χ0) is 22.8. The number of ether oxygens (including phenoxy) is 2. The second kappa shape index (κ2) is 11.4. The van der Waals surface area contributed by atoms with Gasteiger partial charge < -0.3 is 14.8 Å². The number of anilines is 1. The number of halogens is 1. The van der Waals surface area contributed by atoms with Crippen molar-refractivity contribution in [1.82, 2.24) is 0 Å². The minimum absolute atomic E-state index is 0.00664. The average molecular weight is 445 g/mol. The van der Waals surface area contributed by atoms with Crippen LogP contribution in [0.5, 0.6) is 11.5 Å². The number of nitriles is 1. The highest BCUT2D eigenvalue weighted by Crippen LogP contribution is 2.19. The van der Waals surface area contributed by atoms with Crippen LogP contribution in [0, 0.1) is 11.3 Å². The number of hydrogen-bond donors (Lipinski definition) is 1. The molecule has 0 aliphatic rings. The molecule has 0 aliphatic heterocycles. The molecule has 3 aromatic carbocycles. The average Bonchev–Trinajstić information content (AvgIpc) is 2.82. The smallest absolute Gasteiger partial charge is 0.266 e. The van der Waals surface area contributed by atoms with Gasteiger partial charge in [0.1, 0.15) is 36.4 Å². The SMILES string of the molecule is C=CCOc1ccc(/C=C(\C#N)C(=O)Nc2ccc(OCc3ccc(Cl)cc3)cc2)cc1. The van der Waals surface area contributed by atoms with E-state index in [1.807, 2.05) is 30.3 Å². The Morgan fingerprint density at radius 1 is 0.969 bits per heavy atom. The topological polar surface area (TPSA) is 71.3 Å². The summed E-state index contributed by atoms with van der Waals surface area (Å²) in [7, 11) is 0. The van der Waals surface area contributed by atoms with E-state index in [9.17, 15) is 10.1 Å². The minimum atomic E-state index is -0.491. The van der Waals surface area contributed by atoms with Crippen LogP contribution < -0.4 is 14.8 Å². The summed E-state index contributed by atoms with van der Waals surface area (Å²) in [5.41, 5.74) is 2.26. The normalized spacial score (nSPS) is 10.7. The lowest BCUT2D eigenvalue weighted by Crippen LogP contribution is -2.13. The van der Waals surface area contributed by atoms with E-state index in [1.165, 1.54) is 6.08 Å². The number of nitrogens with one attached hydrogen (secondary N) is 1. The largest absolute Gasteiger partial charge is 0.490 e. The van der Waals surface area contributed by atoms with Crippen LogP contribution in [-0.4, -0.2) is 12.5 Å². The maximum absolute atomic E-state index is 12.5. The molecule has 5 nitrogen and oxygen atoms in total. The standard InChI is InChI=1S/C26H21ClN2O3/c1-2-15-31-24-11-5-19(6-12-24)16-21(17-28)26(30)29-23-9-13-25(14-10-23)32-18-20-3-7-22(27)8-4-20/h2-14,16H,1,15,18H2,(H,29,30)/b21-16+. The van der Waals surface area contributed by atoms with Crippen molar-refractivity contribution in [1.29, 1.82) is 5.26 Å². The van der Waals surface area contributed by atoms with Crippen molar-refractivity contribution in [2.75, 3.05) is 11.9 Å². The molecule has 1 amide bonds. The van der Waals surface area contributed by atoms with Gasteiger partial charge in [0.15, 0.2) is 0 Å². The zero-order valence-corrected chi connectivity index (χ0v) is 18.0. The van der Waals surface area contributed by atoms with E-state index in [-0.39, 0.29) is 5.57 Å². The van der Waals surface area contributed by atoms with Gasteiger partial charge in [-0.2, -0.15) is 5.26 Å². The quantitative estimate of drug-likeness (QED) is 0.248. The molecule has 0 unspecified atom stereocenters. The monoisotopic (exact) mass is 444 g/mol. The number of nitrogens with zero attached hydrogens (tertiary/aromatic N) is 1. The van der Waals surface area contributed by atoms with Gasteiger partial charge in [-0.05, 0) is 65.7 Å². The predicted octanol–water partition coefficient (Wildman–Crippen LogP) is 6.03. The highest BCUT2D eigenvalue weighted by Gasteiger charge is 2.10. The van der Waals surface area contributed by atoms with Crippen molar-refractivity contribution in [3.05, 3.63) is 107 Å². The molecule has 0 spiro atoms. The molecule has 32 heavy (non-hydrogen) atoms. The third kappa shape index (κ3) is 6.76. The van der Waals surface area contributed by atoms with Gasteiger partial charge in [-0.3, -0.25) is 4.79 Å². The van der Waals surface area contributed by atoms with Crippen LogP contribution in [0.3, 0.4) is 0 Å². The first kappa shape index (κ1) is 22.7. The summed E-state index contributed by atoms with van der Waals surface area (Å²) >= 11 is 5.88. The molecule has 0 atom stereocenters. The first-order chi connectivity index (χ1) is 15.6. The van der Waals surface area contributed by atoms with Crippen LogP contribution in [0.4, 0.5) is 5.69 Å². The van der Waals surface area contributed by atoms with Gasteiger partial charge in [0, 0.05) is 10.7 Å². The molecule has 6 heteroatoms. The number of rotatable bonds is 9. The van der Waals surface area contributed by atoms with Gasteiger partial charge in [0.05, 0.1) is 0 Å². The van der Waals surface area contributed by atoms with E-state index in [1.54, 1.807) is 54.6 Å². The van der Waals surface area contributed by atoms with Crippen LogP contribution in [0.25, 0.3) is 6.08 Å². The molecule has 0 saturated heterocycles. The molecular weight excluding hydrogens is 424 g/mol. The van der Waals surface area contributed by atoms with E-state index in [0.717, 1.165) is 5.56 Å². The molecule has 1 N–H and O–H groups in total. The minimum Gasteiger partial charge on any atom is -0.490 e. The summed E-state index contributed by atoms with van der Waals surface area (Å²) in [6, 6.07) is 23.4. The molecule has 3 aromatic rings. The van der Waals surface area contributed by atoms with Gasteiger partial charge >= 0.3 is 0 Å². The Labute approximate surface area is 192 Å². The molecule has 0 saturated carbocycles. The molecule has 0 aromatic heterocycles. The van der Waals surface area contributed by atoms with E-state index in [0.29, 0.717) is 41.0 Å². The Balaban J connectivity index is 1.58. The van der Waals surface area contributed by atoms with Crippen molar-refractivity contribution >= 4 is 29.3 Å². The molecule has 0 heterocycles. The van der Waals surface area contributed by atoms with Gasteiger partial charge in [0.25, 0.3) is 5.91 Å². The second-order valence-electron chi connectivity index (χ2n) is 6.73. The number of carbonyl (C=O) groups excluding carboxylic acids is 1. The molecule has 3 rings (SSSR count). The Hall–Kier alpha value is -4.01. The lowest BCUT2D eigenvalue weighted by atomic mass is 10.1. The molecule has 0 radical (unpaired) electrons. The molecular formula is C26H21ClN2O3. The third-order valence-electron chi connectivity index (χ3n) is 4.35. The van der Waals surface area contributed by atoms with Gasteiger partial charge in [-0.15, -0.1) is 0 Å². The van der Waals surface area contributed by atoms with Gasteiger partial charge in [-0.25, -0.2) is 0 Å². The van der Waals surface area contributed by atoms with Crippen LogP contribution in [0.2, 0.25) is 5.02 Å². The number of benzene rings is 3.